The third-order valence-corrected chi connectivity index (χ3v) is 8.91. The lowest BCUT2D eigenvalue weighted by Crippen LogP contribution is -2.46. The summed E-state index contributed by atoms with van der Waals surface area (Å²) >= 11 is 1.45. The predicted molar refractivity (Wildman–Crippen MR) is 157 cm³/mol. The lowest BCUT2D eigenvalue weighted by molar-refractivity contribution is -0.146. The van der Waals surface area contributed by atoms with E-state index in [4.69, 9.17) is 9.47 Å². The molecule has 2 aliphatic rings. The number of thioether (sulfide) groups is 1. The lowest BCUT2D eigenvalue weighted by atomic mass is 9.93. The molecule has 2 aromatic carbocycles. The zero-order chi connectivity index (χ0) is 29.2. The molecule has 2 amide bonds. The minimum absolute atomic E-state index is 0.00770. The summed E-state index contributed by atoms with van der Waals surface area (Å²) in [5.41, 5.74) is 3.55. The monoisotopic (exact) mass is 568 g/mol. The second kappa shape index (κ2) is 12.1. The largest absolute Gasteiger partial charge is 0.493 e. The fourth-order valence-electron chi connectivity index (χ4n) is 5.54. The number of likely N-dealkylation sites (tertiary alicyclic amines) is 1. The van der Waals surface area contributed by atoms with Crippen LogP contribution in [0.3, 0.4) is 0 Å². The molecule has 1 saturated heterocycles. The number of piperidine rings is 1. The summed E-state index contributed by atoms with van der Waals surface area (Å²) in [5, 5.41) is 8.55. The Morgan fingerprint density at radius 2 is 1.85 bits per heavy atom. The van der Waals surface area contributed by atoms with E-state index in [2.05, 4.69) is 26.8 Å². The Balaban J connectivity index is 1.80. The number of amides is 2. The van der Waals surface area contributed by atoms with Crippen LogP contribution in [0.25, 0.3) is 0 Å². The molecule has 2 aromatic rings. The van der Waals surface area contributed by atoms with Crippen molar-refractivity contribution in [1.29, 1.82) is 0 Å². The molecular weight excluding hydrogens is 528 g/mol. The van der Waals surface area contributed by atoms with Crippen molar-refractivity contribution in [3.05, 3.63) is 53.1 Å². The van der Waals surface area contributed by atoms with Crippen LogP contribution in [-0.4, -0.2) is 66.9 Å². The fourth-order valence-corrected chi connectivity index (χ4v) is 7.02. The molecule has 1 N–H and O–H groups in total. The fraction of sp³-hybridized carbons (Fsp3) is 0.516. The van der Waals surface area contributed by atoms with Gasteiger partial charge in [-0.3, -0.25) is 14.4 Å². The normalized spacial score (nSPS) is 21.4. The quantitative estimate of drug-likeness (QED) is 0.484. The number of carboxylic acid groups (broad SMARTS) is 1. The van der Waals surface area contributed by atoms with E-state index in [1.807, 2.05) is 42.2 Å². The number of rotatable bonds is 7. The van der Waals surface area contributed by atoms with Crippen molar-refractivity contribution in [1.82, 2.24) is 4.90 Å². The first-order chi connectivity index (χ1) is 18.9. The summed E-state index contributed by atoms with van der Waals surface area (Å²) in [5.74, 6) is -0.575. The summed E-state index contributed by atoms with van der Waals surface area (Å²) in [6, 6.07) is 11.9. The Bertz CT molecular complexity index is 1270. The molecule has 3 atom stereocenters. The number of ether oxygens (including phenoxy) is 2. The van der Waals surface area contributed by atoms with E-state index in [0.717, 1.165) is 22.4 Å². The standard InChI is InChI=1S/C31H40N2O6S/c1-19-12-13-23-22(15-19)28(21-10-7-11-24(38-5)27(21)39-6)40-25(29(35)33(23)18-31(2,3)4)16-26(34)32-14-8-9-20(17-32)30(36)37/h7,10-13,15,20,25,28H,8-9,14,16-18H2,1-6H3,(H,36,37). The third-order valence-electron chi connectivity index (χ3n) is 7.43. The molecule has 4 rings (SSSR count). The van der Waals surface area contributed by atoms with Crippen LogP contribution in [0.15, 0.2) is 36.4 Å². The number of carbonyl (C=O) groups excluding carboxylic acids is 2. The van der Waals surface area contributed by atoms with Crippen molar-refractivity contribution in [2.75, 3.05) is 38.8 Å². The highest BCUT2D eigenvalue weighted by Crippen LogP contribution is 2.51. The Morgan fingerprint density at radius 3 is 2.50 bits per heavy atom. The summed E-state index contributed by atoms with van der Waals surface area (Å²) in [7, 11) is 3.20. The van der Waals surface area contributed by atoms with Gasteiger partial charge in [0.05, 0.1) is 30.6 Å². The van der Waals surface area contributed by atoms with Crippen molar-refractivity contribution in [3.8, 4) is 11.5 Å². The number of carbonyl (C=O) groups is 3. The van der Waals surface area contributed by atoms with Crippen molar-refractivity contribution in [3.63, 3.8) is 0 Å². The molecule has 2 heterocycles. The average Bonchev–Trinajstić information content (AvgIpc) is 3.02. The second-order valence-electron chi connectivity index (χ2n) is 11.9. The van der Waals surface area contributed by atoms with Crippen LogP contribution in [-0.2, 0) is 14.4 Å². The van der Waals surface area contributed by atoms with Gasteiger partial charge in [0, 0.05) is 37.3 Å². The maximum Gasteiger partial charge on any atom is 0.308 e. The zero-order valence-corrected chi connectivity index (χ0v) is 25.0. The Hall–Kier alpha value is -3.20. The molecule has 9 heteroatoms. The first kappa shape index (κ1) is 29.8. The third kappa shape index (κ3) is 6.40. The molecule has 0 spiro atoms. The minimum Gasteiger partial charge on any atom is -0.493 e. The molecule has 0 aromatic heterocycles. The average molecular weight is 569 g/mol. The van der Waals surface area contributed by atoms with Gasteiger partial charge in [-0.05, 0) is 42.9 Å². The number of methoxy groups -OCH3 is 2. The lowest BCUT2D eigenvalue weighted by Gasteiger charge is -2.33. The maximum absolute atomic E-state index is 14.3. The van der Waals surface area contributed by atoms with E-state index in [-0.39, 0.29) is 35.4 Å². The molecule has 2 aliphatic heterocycles. The van der Waals surface area contributed by atoms with Crippen LogP contribution in [0, 0.1) is 18.3 Å². The topological polar surface area (TPSA) is 96.4 Å². The molecule has 1 fully saturated rings. The van der Waals surface area contributed by atoms with E-state index < -0.39 is 17.1 Å². The van der Waals surface area contributed by atoms with Crippen molar-refractivity contribution in [2.45, 2.75) is 57.5 Å². The Labute approximate surface area is 241 Å². The minimum atomic E-state index is -0.884. The number of hydrogen-bond acceptors (Lipinski definition) is 6. The molecule has 8 nitrogen and oxygen atoms in total. The zero-order valence-electron chi connectivity index (χ0n) is 24.2. The molecule has 216 valence electrons. The Morgan fingerprint density at radius 1 is 1.10 bits per heavy atom. The van der Waals surface area contributed by atoms with Crippen molar-refractivity contribution < 1.29 is 29.0 Å². The first-order valence-corrected chi connectivity index (χ1v) is 14.7. The van der Waals surface area contributed by atoms with Gasteiger partial charge in [-0.25, -0.2) is 0 Å². The molecule has 0 aliphatic carbocycles. The van der Waals surface area contributed by atoms with Crippen molar-refractivity contribution in [2.24, 2.45) is 11.3 Å². The molecule has 0 bridgehead atoms. The van der Waals surface area contributed by atoms with Crippen LogP contribution in [0.5, 0.6) is 11.5 Å². The van der Waals surface area contributed by atoms with E-state index in [9.17, 15) is 19.5 Å². The van der Waals surface area contributed by atoms with E-state index in [1.54, 1.807) is 19.1 Å². The SMILES string of the molecule is COc1cccc(C2SC(CC(=O)N3CCCC(C(=O)O)C3)C(=O)N(CC(C)(C)C)c3ccc(C)cc32)c1OC. The number of nitrogens with zero attached hydrogens (tertiary/aromatic N) is 2. The molecule has 0 saturated carbocycles. The van der Waals surface area contributed by atoms with Gasteiger partial charge in [0.2, 0.25) is 11.8 Å². The van der Waals surface area contributed by atoms with E-state index in [1.165, 1.54) is 11.8 Å². The highest BCUT2D eigenvalue weighted by molar-refractivity contribution is 8.01. The van der Waals surface area contributed by atoms with Gasteiger partial charge < -0.3 is 24.4 Å². The van der Waals surface area contributed by atoms with Gasteiger partial charge in [0.15, 0.2) is 11.5 Å². The highest BCUT2D eigenvalue weighted by Gasteiger charge is 2.41. The van der Waals surface area contributed by atoms with Crippen LogP contribution in [0.2, 0.25) is 0 Å². The number of benzene rings is 2. The molecule has 40 heavy (non-hydrogen) atoms. The van der Waals surface area contributed by atoms with Gasteiger partial charge in [0.25, 0.3) is 0 Å². The number of fused-ring (bicyclic) bond motifs is 1. The first-order valence-electron chi connectivity index (χ1n) is 13.7. The van der Waals surface area contributed by atoms with E-state index >= 15 is 0 Å². The van der Waals surface area contributed by atoms with Gasteiger partial charge in [-0.15, -0.1) is 11.8 Å². The van der Waals surface area contributed by atoms with Crippen LogP contribution >= 0.6 is 11.8 Å². The number of hydrogen-bond donors (Lipinski definition) is 1. The van der Waals surface area contributed by atoms with Gasteiger partial charge in [0.1, 0.15) is 0 Å². The van der Waals surface area contributed by atoms with Gasteiger partial charge in [-0.2, -0.15) is 0 Å². The maximum atomic E-state index is 14.3. The van der Waals surface area contributed by atoms with Gasteiger partial charge in [-0.1, -0.05) is 50.6 Å². The number of aryl methyl sites for hydroxylation is 1. The molecular formula is C31H40N2O6S. The number of aliphatic carboxylic acids is 1. The summed E-state index contributed by atoms with van der Waals surface area (Å²) in [6.45, 7) is 9.48. The second-order valence-corrected chi connectivity index (χ2v) is 13.2. The number of carboxylic acids is 1. The van der Waals surface area contributed by atoms with Gasteiger partial charge >= 0.3 is 5.97 Å². The number of anilines is 1. The molecule has 3 unspecified atom stereocenters. The van der Waals surface area contributed by atoms with Crippen molar-refractivity contribution >= 4 is 35.2 Å². The number of para-hydroxylation sites is 1. The van der Waals surface area contributed by atoms with Crippen LogP contribution in [0.4, 0.5) is 5.69 Å². The predicted octanol–water partition coefficient (Wildman–Crippen LogP) is 5.31. The van der Waals surface area contributed by atoms with E-state index in [0.29, 0.717) is 37.4 Å². The Kier molecular flexibility index (Phi) is 9.02. The summed E-state index contributed by atoms with van der Waals surface area (Å²) < 4.78 is 11.4. The highest BCUT2D eigenvalue weighted by atomic mass is 32.2. The van der Waals surface area contributed by atoms with Crippen LogP contribution in [0.1, 0.15) is 62.0 Å². The summed E-state index contributed by atoms with van der Waals surface area (Å²) in [4.78, 5) is 43.0. The molecule has 0 radical (unpaired) electrons. The van der Waals surface area contributed by atoms with Crippen LogP contribution < -0.4 is 14.4 Å². The summed E-state index contributed by atoms with van der Waals surface area (Å²) in [6.07, 6.45) is 1.19. The smallest absolute Gasteiger partial charge is 0.308 e.